The van der Waals surface area contributed by atoms with E-state index in [1.807, 2.05) is 19.9 Å². The number of hydrogen-bond donors (Lipinski definition) is 0. The minimum Gasteiger partial charge on any atom is -0.477 e. The molecule has 6 heteroatoms. The van der Waals surface area contributed by atoms with Gasteiger partial charge in [-0.25, -0.2) is 0 Å². The molecule has 0 aliphatic rings. The van der Waals surface area contributed by atoms with E-state index < -0.39 is 5.92 Å². The van der Waals surface area contributed by atoms with E-state index >= 15 is 0 Å². The molecule has 1 atom stereocenters. The molecule has 1 aromatic carbocycles. The maximum Gasteiger partial charge on any atom is 0.320 e. The summed E-state index contributed by atoms with van der Waals surface area (Å²) >= 11 is 0. The summed E-state index contributed by atoms with van der Waals surface area (Å²) in [5.74, 6) is -0.159. The lowest BCUT2D eigenvalue weighted by molar-refractivity contribution is 0.260. The number of hydrogen-bond acceptors (Lipinski definition) is 6. The standard InChI is InChI=1S/C24H30N4O2/c1-5-8-10-29-23-20(7-3)22(27-24(28-23)30-11-9-6-2)21(16-26)19-13-17(4)12-18(14-19)15-25/h12-14,21H,5-11H2,1-4H3. The van der Waals surface area contributed by atoms with Crippen LogP contribution in [0.15, 0.2) is 18.2 Å². The van der Waals surface area contributed by atoms with Crippen molar-refractivity contribution in [2.75, 3.05) is 13.2 Å². The quantitative estimate of drug-likeness (QED) is 0.474. The third kappa shape index (κ3) is 5.94. The fourth-order valence-electron chi connectivity index (χ4n) is 3.17. The molecule has 2 rings (SSSR count). The van der Waals surface area contributed by atoms with Crippen LogP contribution in [0.25, 0.3) is 0 Å². The smallest absolute Gasteiger partial charge is 0.320 e. The van der Waals surface area contributed by atoms with Crippen molar-refractivity contribution < 1.29 is 9.47 Å². The molecular weight excluding hydrogens is 376 g/mol. The van der Waals surface area contributed by atoms with Crippen LogP contribution in [-0.4, -0.2) is 23.2 Å². The van der Waals surface area contributed by atoms with E-state index in [1.54, 1.807) is 12.1 Å². The SMILES string of the molecule is CCCCOc1nc(OCCCC)c(CC)c(C(C#N)c2cc(C)cc(C#N)c2)n1. The van der Waals surface area contributed by atoms with Crippen LogP contribution in [0, 0.1) is 29.6 Å². The topological polar surface area (TPSA) is 91.8 Å². The van der Waals surface area contributed by atoms with Crippen LogP contribution in [0.4, 0.5) is 0 Å². The first kappa shape index (κ1) is 23.2. The summed E-state index contributed by atoms with van der Waals surface area (Å²) in [6.07, 6.45) is 4.45. The number of nitrogens with zero attached hydrogens (tertiary/aromatic N) is 4. The van der Waals surface area contributed by atoms with Crippen LogP contribution in [0.5, 0.6) is 11.9 Å². The number of aromatic nitrogens is 2. The molecule has 0 aliphatic carbocycles. The number of benzene rings is 1. The van der Waals surface area contributed by atoms with Crippen LogP contribution >= 0.6 is 0 Å². The monoisotopic (exact) mass is 406 g/mol. The van der Waals surface area contributed by atoms with Crippen LogP contribution in [0.2, 0.25) is 0 Å². The molecular formula is C24H30N4O2. The first-order valence-electron chi connectivity index (χ1n) is 10.7. The molecule has 6 nitrogen and oxygen atoms in total. The highest BCUT2D eigenvalue weighted by molar-refractivity contribution is 5.47. The molecule has 1 unspecified atom stereocenters. The van der Waals surface area contributed by atoms with Gasteiger partial charge in [0.05, 0.1) is 36.6 Å². The molecule has 2 aromatic rings. The molecule has 0 fully saturated rings. The highest BCUT2D eigenvalue weighted by Crippen LogP contribution is 2.33. The lowest BCUT2D eigenvalue weighted by Gasteiger charge is -2.18. The van der Waals surface area contributed by atoms with Crippen molar-refractivity contribution in [1.82, 2.24) is 9.97 Å². The summed E-state index contributed by atoms with van der Waals surface area (Å²) in [4.78, 5) is 9.11. The van der Waals surface area contributed by atoms with Gasteiger partial charge < -0.3 is 9.47 Å². The van der Waals surface area contributed by atoms with E-state index in [9.17, 15) is 10.5 Å². The van der Waals surface area contributed by atoms with Gasteiger partial charge in [-0.1, -0.05) is 39.7 Å². The number of unbranched alkanes of at least 4 members (excludes halogenated alkanes) is 2. The first-order valence-corrected chi connectivity index (χ1v) is 10.7. The zero-order chi connectivity index (χ0) is 21.9. The number of aryl methyl sites for hydroxylation is 1. The summed E-state index contributed by atoms with van der Waals surface area (Å²) in [7, 11) is 0. The normalized spacial score (nSPS) is 11.4. The van der Waals surface area contributed by atoms with Gasteiger partial charge in [-0.05, 0) is 49.4 Å². The van der Waals surface area contributed by atoms with Crippen molar-refractivity contribution in [3.8, 4) is 24.0 Å². The van der Waals surface area contributed by atoms with Gasteiger partial charge in [0.1, 0.15) is 5.92 Å². The Morgan fingerprint density at radius 2 is 1.67 bits per heavy atom. The van der Waals surface area contributed by atoms with E-state index in [2.05, 4.69) is 36.0 Å². The number of nitriles is 2. The molecule has 0 aliphatic heterocycles. The minimum absolute atomic E-state index is 0.232. The average molecular weight is 407 g/mol. The van der Waals surface area contributed by atoms with Crippen LogP contribution in [0.1, 0.15) is 80.3 Å². The Kier molecular flexibility index (Phi) is 9.09. The van der Waals surface area contributed by atoms with Gasteiger partial charge in [-0.3, -0.25) is 0 Å². The van der Waals surface area contributed by atoms with Gasteiger partial charge in [0.15, 0.2) is 0 Å². The Hall–Kier alpha value is -3.12. The van der Waals surface area contributed by atoms with Gasteiger partial charge in [0, 0.05) is 5.56 Å². The molecule has 0 amide bonds. The van der Waals surface area contributed by atoms with Crippen molar-refractivity contribution in [3.05, 3.63) is 46.1 Å². The fraction of sp³-hybridized carbons (Fsp3) is 0.500. The van der Waals surface area contributed by atoms with E-state index in [0.717, 1.165) is 42.4 Å². The second kappa shape index (κ2) is 11.8. The molecule has 30 heavy (non-hydrogen) atoms. The first-order chi connectivity index (χ1) is 14.6. The Morgan fingerprint density at radius 3 is 2.27 bits per heavy atom. The maximum atomic E-state index is 10.0. The van der Waals surface area contributed by atoms with E-state index in [-0.39, 0.29) is 6.01 Å². The van der Waals surface area contributed by atoms with Gasteiger partial charge in [0.25, 0.3) is 0 Å². The van der Waals surface area contributed by atoms with E-state index in [1.165, 1.54) is 0 Å². The van der Waals surface area contributed by atoms with Crippen molar-refractivity contribution in [2.45, 2.75) is 65.7 Å². The lowest BCUT2D eigenvalue weighted by atomic mass is 9.91. The van der Waals surface area contributed by atoms with Crippen molar-refractivity contribution >= 4 is 0 Å². The average Bonchev–Trinajstić information content (AvgIpc) is 2.74. The highest BCUT2D eigenvalue weighted by atomic mass is 16.5. The summed E-state index contributed by atoms with van der Waals surface area (Å²) in [5, 5.41) is 19.4. The predicted molar refractivity (Wildman–Crippen MR) is 116 cm³/mol. The van der Waals surface area contributed by atoms with E-state index in [0.29, 0.717) is 36.8 Å². The highest BCUT2D eigenvalue weighted by Gasteiger charge is 2.25. The summed E-state index contributed by atoms with van der Waals surface area (Å²) in [6.45, 7) is 9.16. The molecule has 0 bridgehead atoms. The molecule has 0 radical (unpaired) electrons. The fourth-order valence-corrected chi connectivity index (χ4v) is 3.17. The number of ether oxygens (including phenoxy) is 2. The van der Waals surface area contributed by atoms with Crippen LogP contribution in [0.3, 0.4) is 0 Å². The number of rotatable bonds is 11. The van der Waals surface area contributed by atoms with Crippen molar-refractivity contribution in [1.29, 1.82) is 10.5 Å². The summed E-state index contributed by atoms with van der Waals surface area (Å²) in [5.41, 5.74) is 3.58. The molecule has 0 saturated heterocycles. The Morgan fingerprint density at radius 1 is 0.967 bits per heavy atom. The molecule has 0 spiro atoms. The molecule has 1 aromatic heterocycles. The maximum absolute atomic E-state index is 10.0. The van der Waals surface area contributed by atoms with Gasteiger partial charge >= 0.3 is 6.01 Å². The van der Waals surface area contributed by atoms with E-state index in [4.69, 9.17) is 9.47 Å². The predicted octanol–water partition coefficient (Wildman–Crippen LogP) is 5.23. The zero-order valence-electron chi connectivity index (χ0n) is 18.4. The Bertz CT molecular complexity index is 928. The van der Waals surface area contributed by atoms with Gasteiger partial charge in [-0.15, -0.1) is 0 Å². The molecule has 158 valence electrons. The molecule has 0 N–H and O–H groups in total. The van der Waals surface area contributed by atoms with Gasteiger partial charge in [0.2, 0.25) is 5.88 Å². The van der Waals surface area contributed by atoms with Crippen molar-refractivity contribution in [2.24, 2.45) is 0 Å². The minimum atomic E-state index is -0.642. The summed E-state index contributed by atoms with van der Waals surface area (Å²) < 4.78 is 11.7. The van der Waals surface area contributed by atoms with Crippen LogP contribution < -0.4 is 9.47 Å². The van der Waals surface area contributed by atoms with Crippen LogP contribution in [-0.2, 0) is 6.42 Å². The third-order valence-electron chi connectivity index (χ3n) is 4.76. The lowest BCUT2D eigenvalue weighted by Crippen LogP contribution is -2.13. The largest absolute Gasteiger partial charge is 0.477 e. The third-order valence-corrected chi connectivity index (χ3v) is 4.76. The second-order valence-corrected chi connectivity index (χ2v) is 7.24. The zero-order valence-corrected chi connectivity index (χ0v) is 18.4. The Labute approximate surface area is 179 Å². The van der Waals surface area contributed by atoms with Crippen molar-refractivity contribution in [3.63, 3.8) is 0 Å². The second-order valence-electron chi connectivity index (χ2n) is 7.24. The van der Waals surface area contributed by atoms with Gasteiger partial charge in [-0.2, -0.15) is 20.5 Å². The molecule has 1 heterocycles. The summed E-state index contributed by atoms with van der Waals surface area (Å²) in [6, 6.07) is 10.2. The Balaban J connectivity index is 2.57. The molecule has 0 saturated carbocycles.